The van der Waals surface area contributed by atoms with E-state index < -0.39 is 0 Å². The number of benzene rings is 3. The van der Waals surface area contributed by atoms with Crippen LogP contribution in [0.15, 0.2) is 78.9 Å². The van der Waals surface area contributed by atoms with Gasteiger partial charge < -0.3 is 14.5 Å². The van der Waals surface area contributed by atoms with Crippen molar-refractivity contribution >= 4 is 11.6 Å². The number of nitrogens with zero attached hydrogens (tertiary/aromatic N) is 4. The third kappa shape index (κ3) is 4.71. The summed E-state index contributed by atoms with van der Waals surface area (Å²) in [6.45, 7) is 9.53. The van der Waals surface area contributed by atoms with Gasteiger partial charge in [0.05, 0.1) is 23.7 Å². The molecule has 5 rings (SSSR count). The van der Waals surface area contributed by atoms with Crippen molar-refractivity contribution in [3.05, 3.63) is 95.7 Å². The number of aryl methyl sites for hydroxylation is 2. The zero-order valence-corrected chi connectivity index (χ0v) is 21.1. The van der Waals surface area contributed by atoms with Gasteiger partial charge in [0.1, 0.15) is 11.4 Å². The molecule has 0 aliphatic carbocycles. The van der Waals surface area contributed by atoms with Crippen LogP contribution in [-0.4, -0.2) is 53.4 Å². The highest BCUT2D eigenvalue weighted by Gasteiger charge is 2.27. The highest BCUT2D eigenvalue weighted by Crippen LogP contribution is 2.30. The highest BCUT2D eigenvalue weighted by atomic mass is 16.5. The number of rotatable bonds is 6. The average molecular weight is 481 g/mol. The number of aromatic nitrogens is 2. The largest absolute Gasteiger partial charge is 0.492 e. The molecule has 1 aromatic heterocycles. The predicted octanol–water partition coefficient (Wildman–Crippen LogP) is 5.52. The zero-order valence-electron chi connectivity index (χ0n) is 21.1. The minimum atomic E-state index is 0.00222. The van der Waals surface area contributed by atoms with Crippen LogP contribution in [0.4, 0.5) is 5.69 Å². The van der Waals surface area contributed by atoms with Crippen molar-refractivity contribution in [1.82, 2.24) is 14.7 Å². The van der Waals surface area contributed by atoms with Crippen LogP contribution in [0.5, 0.6) is 5.75 Å². The molecule has 0 radical (unpaired) electrons. The molecule has 1 amide bonds. The maximum atomic E-state index is 13.9. The molecule has 184 valence electrons. The summed E-state index contributed by atoms with van der Waals surface area (Å²) in [5.41, 5.74) is 6.65. The lowest BCUT2D eigenvalue weighted by Crippen LogP contribution is -2.49. The molecule has 2 heterocycles. The monoisotopic (exact) mass is 480 g/mol. The SMILES string of the molecule is CCOc1ccccc1N1CCN(C(=O)c2cc(-c3ccccc3)nn2-c2ccc(C)cc2C)CC1. The van der Waals surface area contributed by atoms with E-state index in [0.29, 0.717) is 25.4 Å². The standard InChI is InChI=1S/C30H32N4O2/c1-4-36-29-13-9-8-12-27(29)32-16-18-33(19-17-32)30(35)28-21-25(24-10-6-5-7-11-24)31-34(28)26-15-14-22(2)20-23(26)3/h5-15,20-21H,4,16-19H2,1-3H3. The van der Waals surface area contributed by atoms with E-state index in [1.165, 1.54) is 5.56 Å². The normalized spacial score (nSPS) is 13.6. The summed E-state index contributed by atoms with van der Waals surface area (Å²) in [5, 5.41) is 4.89. The van der Waals surface area contributed by atoms with Crippen LogP contribution in [0, 0.1) is 13.8 Å². The second-order valence-corrected chi connectivity index (χ2v) is 9.16. The van der Waals surface area contributed by atoms with Crippen molar-refractivity contribution in [3.8, 4) is 22.7 Å². The Labute approximate surface area is 212 Å². The second-order valence-electron chi connectivity index (χ2n) is 9.16. The lowest BCUT2D eigenvalue weighted by Gasteiger charge is -2.36. The van der Waals surface area contributed by atoms with Gasteiger partial charge in [0.2, 0.25) is 0 Å². The van der Waals surface area contributed by atoms with Crippen LogP contribution in [-0.2, 0) is 0 Å². The minimum absolute atomic E-state index is 0.00222. The maximum absolute atomic E-state index is 13.9. The number of hydrogen-bond acceptors (Lipinski definition) is 4. The molecule has 0 saturated carbocycles. The van der Waals surface area contributed by atoms with Crippen molar-refractivity contribution < 1.29 is 9.53 Å². The smallest absolute Gasteiger partial charge is 0.272 e. The van der Waals surface area contributed by atoms with Gasteiger partial charge in [-0.2, -0.15) is 5.10 Å². The van der Waals surface area contributed by atoms with Gasteiger partial charge in [0.25, 0.3) is 5.91 Å². The Bertz CT molecular complexity index is 1350. The molecule has 0 unspecified atom stereocenters. The van der Waals surface area contributed by atoms with Crippen molar-refractivity contribution in [3.63, 3.8) is 0 Å². The number of hydrogen-bond donors (Lipinski definition) is 0. The third-order valence-electron chi connectivity index (χ3n) is 6.65. The molecular weight excluding hydrogens is 448 g/mol. The van der Waals surface area contributed by atoms with E-state index in [1.54, 1.807) is 0 Å². The molecule has 4 aromatic rings. The van der Waals surface area contributed by atoms with Crippen LogP contribution in [0.1, 0.15) is 28.5 Å². The fourth-order valence-corrected chi connectivity index (χ4v) is 4.82. The third-order valence-corrected chi connectivity index (χ3v) is 6.65. The van der Waals surface area contributed by atoms with E-state index in [2.05, 4.69) is 36.9 Å². The van der Waals surface area contributed by atoms with Crippen LogP contribution >= 0.6 is 0 Å². The van der Waals surface area contributed by atoms with E-state index in [4.69, 9.17) is 9.84 Å². The summed E-state index contributed by atoms with van der Waals surface area (Å²) in [6, 6.07) is 26.3. The summed E-state index contributed by atoms with van der Waals surface area (Å²) in [4.78, 5) is 18.1. The van der Waals surface area contributed by atoms with E-state index in [1.807, 2.05) is 77.2 Å². The van der Waals surface area contributed by atoms with Gasteiger partial charge >= 0.3 is 0 Å². The lowest BCUT2D eigenvalue weighted by atomic mass is 10.1. The number of piperazine rings is 1. The van der Waals surface area contributed by atoms with E-state index in [-0.39, 0.29) is 5.91 Å². The van der Waals surface area contributed by atoms with Gasteiger partial charge in [-0.1, -0.05) is 60.2 Å². The number of ether oxygens (including phenoxy) is 1. The molecule has 1 aliphatic rings. The summed E-state index contributed by atoms with van der Waals surface area (Å²) in [5.74, 6) is 0.891. The Balaban J connectivity index is 1.43. The van der Waals surface area contributed by atoms with Gasteiger partial charge in [0, 0.05) is 31.7 Å². The number of carbonyl (C=O) groups is 1. The van der Waals surface area contributed by atoms with Gasteiger partial charge in [0.15, 0.2) is 0 Å². The first-order valence-corrected chi connectivity index (χ1v) is 12.5. The van der Waals surface area contributed by atoms with Crippen LogP contribution in [0.25, 0.3) is 16.9 Å². The Morgan fingerprint density at radius 2 is 1.58 bits per heavy atom. The van der Waals surface area contributed by atoms with Gasteiger partial charge in [-0.3, -0.25) is 4.79 Å². The van der Waals surface area contributed by atoms with Gasteiger partial charge in [-0.05, 0) is 50.6 Å². The summed E-state index contributed by atoms with van der Waals surface area (Å²) < 4.78 is 7.64. The molecule has 3 aromatic carbocycles. The lowest BCUT2D eigenvalue weighted by molar-refractivity contribution is 0.0737. The maximum Gasteiger partial charge on any atom is 0.272 e. The molecule has 6 heteroatoms. The fourth-order valence-electron chi connectivity index (χ4n) is 4.82. The molecule has 0 bridgehead atoms. The Kier molecular flexibility index (Phi) is 6.76. The van der Waals surface area contributed by atoms with Crippen molar-refractivity contribution in [1.29, 1.82) is 0 Å². The first-order valence-electron chi connectivity index (χ1n) is 12.5. The van der Waals surface area contributed by atoms with Crippen molar-refractivity contribution in [2.75, 3.05) is 37.7 Å². The summed E-state index contributed by atoms with van der Waals surface area (Å²) in [6.07, 6.45) is 0. The molecule has 1 saturated heterocycles. The van der Waals surface area contributed by atoms with E-state index in [0.717, 1.165) is 47.0 Å². The molecule has 36 heavy (non-hydrogen) atoms. The van der Waals surface area contributed by atoms with Gasteiger partial charge in [-0.25, -0.2) is 4.68 Å². The highest BCUT2D eigenvalue weighted by molar-refractivity contribution is 5.94. The summed E-state index contributed by atoms with van der Waals surface area (Å²) in [7, 11) is 0. The van der Waals surface area contributed by atoms with E-state index >= 15 is 0 Å². The molecule has 6 nitrogen and oxygen atoms in total. The number of anilines is 1. The van der Waals surface area contributed by atoms with Gasteiger partial charge in [-0.15, -0.1) is 0 Å². The van der Waals surface area contributed by atoms with Crippen LogP contribution in [0.3, 0.4) is 0 Å². The number of amides is 1. The molecular formula is C30H32N4O2. The topological polar surface area (TPSA) is 50.6 Å². The Morgan fingerprint density at radius 3 is 2.31 bits per heavy atom. The van der Waals surface area contributed by atoms with Crippen LogP contribution < -0.4 is 9.64 Å². The number of para-hydroxylation sites is 2. The first kappa shape index (κ1) is 23.7. The van der Waals surface area contributed by atoms with Crippen LogP contribution in [0.2, 0.25) is 0 Å². The molecule has 1 aliphatic heterocycles. The Morgan fingerprint density at radius 1 is 0.861 bits per heavy atom. The summed E-state index contributed by atoms with van der Waals surface area (Å²) >= 11 is 0. The zero-order chi connectivity index (χ0) is 25.1. The molecule has 0 atom stereocenters. The molecule has 0 spiro atoms. The first-order chi connectivity index (χ1) is 17.5. The Hall–Kier alpha value is -4.06. The number of carbonyl (C=O) groups excluding carboxylic acids is 1. The van der Waals surface area contributed by atoms with E-state index in [9.17, 15) is 4.79 Å². The minimum Gasteiger partial charge on any atom is -0.492 e. The molecule has 1 fully saturated rings. The molecule has 0 N–H and O–H groups in total. The van der Waals surface area contributed by atoms with Crippen molar-refractivity contribution in [2.45, 2.75) is 20.8 Å². The second kappa shape index (κ2) is 10.3. The quantitative estimate of drug-likeness (QED) is 0.365. The van der Waals surface area contributed by atoms with Crippen molar-refractivity contribution in [2.24, 2.45) is 0 Å². The average Bonchev–Trinajstić information content (AvgIpc) is 3.35. The fraction of sp³-hybridized carbons (Fsp3) is 0.267. The predicted molar refractivity (Wildman–Crippen MR) is 144 cm³/mol.